The van der Waals surface area contributed by atoms with Gasteiger partial charge in [-0.25, -0.2) is 4.39 Å². The molecule has 164 valence electrons. The van der Waals surface area contributed by atoms with Gasteiger partial charge in [-0.05, 0) is 53.3 Å². The van der Waals surface area contributed by atoms with Gasteiger partial charge in [0.2, 0.25) is 5.91 Å². The van der Waals surface area contributed by atoms with E-state index in [1.807, 2.05) is 41.8 Å². The Bertz CT molecular complexity index is 1430. The number of hydrogen-bond acceptors (Lipinski definition) is 5. The summed E-state index contributed by atoms with van der Waals surface area (Å²) in [6.07, 6.45) is 0.550. The number of thiophene rings is 1. The van der Waals surface area contributed by atoms with Crippen LogP contribution in [0.15, 0.2) is 64.8 Å². The van der Waals surface area contributed by atoms with Crippen molar-refractivity contribution in [2.24, 2.45) is 5.92 Å². The number of H-pyrrole nitrogens is 1. The quantitative estimate of drug-likeness (QED) is 0.472. The summed E-state index contributed by atoms with van der Waals surface area (Å²) >= 11 is 1.38. The van der Waals surface area contributed by atoms with E-state index in [1.165, 1.54) is 28.4 Å². The van der Waals surface area contributed by atoms with E-state index in [0.29, 0.717) is 41.1 Å². The highest BCUT2D eigenvalue weighted by Gasteiger charge is 2.34. The molecule has 0 atom stereocenters. The number of rotatable bonds is 5. The second kappa shape index (κ2) is 8.62. The molecule has 6 nitrogen and oxygen atoms in total. The number of pyridine rings is 1. The second-order valence-corrected chi connectivity index (χ2v) is 8.88. The summed E-state index contributed by atoms with van der Waals surface area (Å²) in [6.45, 7) is 1.12. The van der Waals surface area contributed by atoms with Crippen molar-refractivity contribution in [3.63, 3.8) is 0 Å². The van der Waals surface area contributed by atoms with Crippen molar-refractivity contribution < 1.29 is 9.18 Å². The molecule has 2 aromatic heterocycles. The number of nitrogens with one attached hydrogen (secondary N) is 2. The van der Waals surface area contributed by atoms with Crippen LogP contribution in [0.3, 0.4) is 0 Å². The summed E-state index contributed by atoms with van der Waals surface area (Å²) in [5.74, 6) is -0.656. The van der Waals surface area contributed by atoms with Crippen molar-refractivity contribution in [3.8, 4) is 6.07 Å². The Morgan fingerprint density at radius 1 is 1.15 bits per heavy atom. The van der Waals surface area contributed by atoms with E-state index < -0.39 is 5.56 Å². The van der Waals surface area contributed by atoms with E-state index in [2.05, 4.69) is 10.3 Å². The van der Waals surface area contributed by atoms with Gasteiger partial charge >= 0.3 is 0 Å². The number of fused-ring (bicyclic) bond motifs is 1. The third kappa shape index (κ3) is 3.93. The van der Waals surface area contributed by atoms with Gasteiger partial charge in [-0.3, -0.25) is 14.5 Å². The maximum absolute atomic E-state index is 13.4. The van der Waals surface area contributed by atoms with E-state index in [0.717, 1.165) is 11.1 Å². The van der Waals surface area contributed by atoms with E-state index in [1.54, 1.807) is 12.1 Å². The van der Waals surface area contributed by atoms with Gasteiger partial charge in [0, 0.05) is 18.5 Å². The lowest BCUT2D eigenvalue weighted by Gasteiger charge is -2.32. The molecule has 4 aromatic rings. The normalized spacial score (nSPS) is 13.5. The van der Waals surface area contributed by atoms with Gasteiger partial charge in [-0.2, -0.15) is 5.26 Å². The number of halogens is 1. The number of carbonyl (C=O) groups is 1. The number of amides is 1. The minimum Gasteiger partial charge on any atom is -0.321 e. The summed E-state index contributed by atoms with van der Waals surface area (Å²) in [4.78, 5) is 30.6. The molecule has 1 saturated heterocycles. The van der Waals surface area contributed by atoms with Crippen molar-refractivity contribution >= 4 is 38.8 Å². The molecule has 0 bridgehead atoms. The van der Waals surface area contributed by atoms with Gasteiger partial charge < -0.3 is 10.3 Å². The molecule has 0 radical (unpaired) electrons. The summed E-state index contributed by atoms with van der Waals surface area (Å²) in [5.41, 5.74) is 2.05. The van der Waals surface area contributed by atoms with Gasteiger partial charge in [-0.1, -0.05) is 24.3 Å². The molecule has 33 heavy (non-hydrogen) atoms. The number of carbonyl (C=O) groups excluding carboxylic acids is 1. The summed E-state index contributed by atoms with van der Waals surface area (Å²) in [5, 5.41) is 16.1. The van der Waals surface area contributed by atoms with E-state index >= 15 is 0 Å². The molecular formula is C25H19FN4O2S. The maximum Gasteiger partial charge on any atom is 0.268 e. The standard InChI is InChI=1S/C25H19FN4O2S/c26-18-6-3-15(4-7-18)10-16-5-8-19-21(11-16)29-24(31)20(12-27)23(19)30(22-2-1-9-33-22)25(32)17-13-28-14-17/h1-9,11,17,28H,10,13-14H2,(H,29,31). The van der Waals surface area contributed by atoms with Crippen LogP contribution in [0.4, 0.5) is 15.1 Å². The van der Waals surface area contributed by atoms with Gasteiger partial charge in [-0.15, -0.1) is 11.3 Å². The topological polar surface area (TPSA) is 89.0 Å². The van der Waals surface area contributed by atoms with Gasteiger partial charge in [0.1, 0.15) is 22.5 Å². The number of aromatic nitrogens is 1. The number of nitriles is 1. The first-order chi connectivity index (χ1) is 16.0. The van der Waals surface area contributed by atoms with Crippen LogP contribution >= 0.6 is 11.3 Å². The fraction of sp³-hybridized carbons (Fsp3) is 0.160. The van der Waals surface area contributed by atoms with Crippen molar-refractivity contribution in [2.75, 3.05) is 18.0 Å². The highest BCUT2D eigenvalue weighted by atomic mass is 32.1. The SMILES string of the molecule is N#Cc1c(N(C(=O)C2CNC2)c2cccs2)c2ccc(Cc3ccc(F)cc3)cc2[nH]c1=O. The Hall–Kier alpha value is -3.80. The molecule has 0 aliphatic carbocycles. The molecule has 5 rings (SSSR count). The highest BCUT2D eigenvalue weighted by Crippen LogP contribution is 2.37. The molecule has 1 fully saturated rings. The van der Waals surface area contributed by atoms with Crippen molar-refractivity contribution in [3.05, 3.63) is 92.8 Å². The fourth-order valence-electron chi connectivity index (χ4n) is 3.98. The summed E-state index contributed by atoms with van der Waals surface area (Å²) in [6, 6.07) is 17.5. The molecule has 3 heterocycles. The molecule has 0 unspecified atom stereocenters. The van der Waals surface area contributed by atoms with E-state index in [4.69, 9.17) is 0 Å². The molecular weight excluding hydrogens is 439 g/mol. The average Bonchev–Trinajstić information content (AvgIpc) is 3.28. The smallest absolute Gasteiger partial charge is 0.268 e. The van der Waals surface area contributed by atoms with Gasteiger partial charge in [0.15, 0.2) is 0 Å². The van der Waals surface area contributed by atoms with Crippen LogP contribution in [0.1, 0.15) is 16.7 Å². The van der Waals surface area contributed by atoms with E-state index in [-0.39, 0.29) is 23.2 Å². The minimum atomic E-state index is -0.542. The van der Waals surface area contributed by atoms with Gasteiger partial charge in [0.25, 0.3) is 5.56 Å². The van der Waals surface area contributed by atoms with Crippen molar-refractivity contribution in [1.29, 1.82) is 5.26 Å². The Morgan fingerprint density at radius 3 is 2.55 bits per heavy atom. The Labute approximate surface area is 192 Å². The van der Waals surface area contributed by atoms with E-state index in [9.17, 15) is 19.2 Å². The Balaban J connectivity index is 1.66. The predicted molar refractivity (Wildman–Crippen MR) is 126 cm³/mol. The molecule has 0 saturated carbocycles. The molecule has 2 aromatic carbocycles. The Morgan fingerprint density at radius 2 is 1.91 bits per heavy atom. The van der Waals surface area contributed by atoms with Crippen LogP contribution in [-0.2, 0) is 11.2 Å². The lowest BCUT2D eigenvalue weighted by Crippen LogP contribution is -2.51. The van der Waals surface area contributed by atoms with Crippen LogP contribution < -0.4 is 15.8 Å². The molecule has 1 aliphatic heterocycles. The van der Waals surface area contributed by atoms with Crippen LogP contribution in [0.5, 0.6) is 0 Å². The fourth-order valence-corrected chi connectivity index (χ4v) is 4.72. The largest absolute Gasteiger partial charge is 0.321 e. The number of aromatic amines is 1. The monoisotopic (exact) mass is 458 g/mol. The van der Waals surface area contributed by atoms with Crippen LogP contribution in [0.2, 0.25) is 0 Å². The first-order valence-corrected chi connectivity index (χ1v) is 11.3. The molecule has 1 amide bonds. The summed E-state index contributed by atoms with van der Waals surface area (Å²) in [7, 11) is 0. The number of nitrogens with zero attached hydrogens (tertiary/aromatic N) is 2. The molecule has 2 N–H and O–H groups in total. The summed E-state index contributed by atoms with van der Waals surface area (Å²) < 4.78 is 13.2. The zero-order valence-corrected chi connectivity index (χ0v) is 18.3. The first kappa shape index (κ1) is 21.1. The third-order valence-electron chi connectivity index (χ3n) is 5.79. The maximum atomic E-state index is 13.4. The van der Waals surface area contributed by atoms with Crippen LogP contribution in [0.25, 0.3) is 10.9 Å². The minimum absolute atomic E-state index is 0.0946. The molecule has 8 heteroatoms. The average molecular weight is 459 g/mol. The zero-order valence-electron chi connectivity index (χ0n) is 17.5. The van der Waals surface area contributed by atoms with Gasteiger partial charge in [0.05, 0.1) is 17.1 Å². The number of benzene rings is 2. The van der Waals surface area contributed by atoms with Crippen LogP contribution in [-0.4, -0.2) is 24.0 Å². The predicted octanol–water partition coefficient (Wildman–Crippen LogP) is 4.08. The third-order valence-corrected chi connectivity index (χ3v) is 6.64. The lowest BCUT2D eigenvalue weighted by molar-refractivity contribution is -0.122. The number of anilines is 2. The Kier molecular flexibility index (Phi) is 5.50. The highest BCUT2D eigenvalue weighted by molar-refractivity contribution is 7.14. The lowest BCUT2D eigenvalue weighted by atomic mass is 9.98. The van der Waals surface area contributed by atoms with Crippen LogP contribution in [0, 0.1) is 23.1 Å². The number of hydrogen-bond donors (Lipinski definition) is 2. The molecule has 1 aliphatic rings. The first-order valence-electron chi connectivity index (χ1n) is 10.5. The second-order valence-electron chi connectivity index (χ2n) is 7.95. The molecule has 0 spiro atoms. The van der Waals surface area contributed by atoms with Crippen molar-refractivity contribution in [2.45, 2.75) is 6.42 Å². The van der Waals surface area contributed by atoms with Crippen molar-refractivity contribution in [1.82, 2.24) is 10.3 Å². The zero-order chi connectivity index (χ0) is 22.9.